The normalized spacial score (nSPS) is 12.2. The van der Waals surface area contributed by atoms with Crippen LogP contribution in [-0.4, -0.2) is 22.2 Å². The second-order valence-corrected chi connectivity index (χ2v) is 5.90. The van der Waals surface area contributed by atoms with Crippen LogP contribution < -0.4 is 5.32 Å². The number of hydrogen-bond acceptors (Lipinski definition) is 2. The second-order valence-electron chi connectivity index (χ2n) is 5.90. The minimum atomic E-state index is 0.0689. The molecule has 1 aromatic carbocycles. The maximum atomic E-state index is 12.1. The molecule has 0 saturated heterocycles. The number of nitrogens with zero attached hydrogens (tertiary/aromatic N) is 2. The minimum Gasteiger partial charge on any atom is -0.356 e. The van der Waals surface area contributed by atoms with Crippen molar-refractivity contribution in [2.75, 3.05) is 6.54 Å². The van der Waals surface area contributed by atoms with Crippen LogP contribution >= 0.6 is 0 Å². The summed E-state index contributed by atoms with van der Waals surface area (Å²) in [5.74, 6) is 0.517. The van der Waals surface area contributed by atoms with Gasteiger partial charge in [-0.2, -0.15) is 5.10 Å². The lowest BCUT2D eigenvalue weighted by Gasteiger charge is -2.12. The van der Waals surface area contributed by atoms with Gasteiger partial charge in [0.05, 0.1) is 12.1 Å². The van der Waals surface area contributed by atoms with Crippen molar-refractivity contribution >= 4 is 5.91 Å². The summed E-state index contributed by atoms with van der Waals surface area (Å²) in [6, 6.07) is 10.4. The summed E-state index contributed by atoms with van der Waals surface area (Å²) in [4.78, 5) is 12.1. The molecular formula is C18H25N3O. The Labute approximate surface area is 132 Å². The van der Waals surface area contributed by atoms with Crippen LogP contribution in [-0.2, 0) is 18.3 Å². The maximum absolute atomic E-state index is 12.1. The summed E-state index contributed by atoms with van der Waals surface area (Å²) in [6.07, 6.45) is 1.35. The molecule has 0 radical (unpaired) electrons. The largest absolute Gasteiger partial charge is 0.356 e. The van der Waals surface area contributed by atoms with Crippen LogP contribution in [0.2, 0.25) is 0 Å². The van der Waals surface area contributed by atoms with Crippen LogP contribution in [0.4, 0.5) is 0 Å². The predicted octanol–water partition coefficient (Wildman–Crippen LogP) is 2.89. The molecule has 0 aliphatic carbocycles. The highest BCUT2D eigenvalue weighted by atomic mass is 16.1. The van der Waals surface area contributed by atoms with Crippen LogP contribution in [0.3, 0.4) is 0 Å². The summed E-state index contributed by atoms with van der Waals surface area (Å²) < 4.78 is 1.83. The topological polar surface area (TPSA) is 46.9 Å². The zero-order chi connectivity index (χ0) is 16.1. The van der Waals surface area contributed by atoms with Crippen LogP contribution in [0.25, 0.3) is 0 Å². The van der Waals surface area contributed by atoms with Gasteiger partial charge in [-0.1, -0.05) is 37.3 Å². The van der Waals surface area contributed by atoms with Crippen LogP contribution in [0.15, 0.2) is 30.3 Å². The molecule has 4 heteroatoms. The first kappa shape index (κ1) is 16.3. The third-order valence-electron chi connectivity index (χ3n) is 4.26. The van der Waals surface area contributed by atoms with E-state index in [1.54, 1.807) is 0 Å². The summed E-state index contributed by atoms with van der Waals surface area (Å²) in [5.41, 5.74) is 4.35. The molecule has 4 nitrogen and oxygen atoms in total. The Morgan fingerprint density at radius 3 is 2.55 bits per heavy atom. The molecule has 1 heterocycles. The van der Waals surface area contributed by atoms with E-state index in [1.807, 2.05) is 31.6 Å². The highest BCUT2D eigenvalue weighted by molar-refractivity contribution is 5.79. The fourth-order valence-electron chi connectivity index (χ4n) is 2.67. The highest BCUT2D eigenvalue weighted by Gasteiger charge is 2.13. The Bertz CT molecular complexity index is 631. The monoisotopic (exact) mass is 299 g/mol. The van der Waals surface area contributed by atoms with Crippen molar-refractivity contribution in [2.24, 2.45) is 7.05 Å². The number of aromatic nitrogens is 2. The van der Waals surface area contributed by atoms with Crippen molar-refractivity contribution in [3.63, 3.8) is 0 Å². The van der Waals surface area contributed by atoms with E-state index in [9.17, 15) is 4.79 Å². The van der Waals surface area contributed by atoms with Gasteiger partial charge < -0.3 is 5.32 Å². The van der Waals surface area contributed by atoms with Crippen LogP contribution in [0.5, 0.6) is 0 Å². The van der Waals surface area contributed by atoms with Gasteiger partial charge in [0.25, 0.3) is 0 Å². The fourth-order valence-corrected chi connectivity index (χ4v) is 2.67. The van der Waals surface area contributed by atoms with E-state index >= 15 is 0 Å². The smallest absolute Gasteiger partial charge is 0.224 e. The van der Waals surface area contributed by atoms with Gasteiger partial charge in [0.2, 0.25) is 5.91 Å². The maximum Gasteiger partial charge on any atom is 0.224 e. The standard InChI is InChI=1S/C18H25N3O/c1-13(16-8-6-5-7-9-16)10-11-19-18(22)12-17-14(2)20-21(4)15(17)3/h5-9,13H,10-12H2,1-4H3,(H,19,22). The summed E-state index contributed by atoms with van der Waals surface area (Å²) >= 11 is 0. The Morgan fingerprint density at radius 1 is 1.27 bits per heavy atom. The molecule has 1 N–H and O–H groups in total. The lowest BCUT2D eigenvalue weighted by molar-refractivity contribution is -0.120. The summed E-state index contributed by atoms with van der Waals surface area (Å²) in [6.45, 7) is 6.84. The minimum absolute atomic E-state index is 0.0689. The van der Waals surface area contributed by atoms with Crippen LogP contribution in [0, 0.1) is 13.8 Å². The average Bonchev–Trinajstić information content (AvgIpc) is 2.74. The third-order valence-corrected chi connectivity index (χ3v) is 4.26. The number of carbonyl (C=O) groups excluding carboxylic acids is 1. The Hall–Kier alpha value is -2.10. The molecule has 0 bridgehead atoms. The Kier molecular flexibility index (Phi) is 5.36. The number of aryl methyl sites for hydroxylation is 2. The van der Waals surface area contributed by atoms with Gasteiger partial charge in [-0.3, -0.25) is 9.48 Å². The summed E-state index contributed by atoms with van der Waals surface area (Å²) in [7, 11) is 1.91. The molecule has 1 aromatic heterocycles. The predicted molar refractivity (Wildman–Crippen MR) is 88.9 cm³/mol. The number of rotatable bonds is 6. The summed E-state index contributed by atoms with van der Waals surface area (Å²) in [5, 5.41) is 7.37. The molecule has 1 atom stereocenters. The van der Waals surface area contributed by atoms with Crippen molar-refractivity contribution in [3.8, 4) is 0 Å². The first-order valence-corrected chi connectivity index (χ1v) is 7.79. The van der Waals surface area contributed by atoms with Crippen molar-refractivity contribution in [1.29, 1.82) is 0 Å². The molecule has 1 unspecified atom stereocenters. The number of amides is 1. The molecule has 0 fully saturated rings. The van der Waals surface area contributed by atoms with Gasteiger partial charge in [0.15, 0.2) is 0 Å². The van der Waals surface area contributed by atoms with E-state index in [-0.39, 0.29) is 5.91 Å². The number of hydrogen-bond donors (Lipinski definition) is 1. The quantitative estimate of drug-likeness (QED) is 0.891. The SMILES string of the molecule is Cc1nn(C)c(C)c1CC(=O)NCCC(C)c1ccccc1. The fraction of sp³-hybridized carbons (Fsp3) is 0.444. The lowest BCUT2D eigenvalue weighted by atomic mass is 9.98. The van der Waals surface area contributed by atoms with Crippen molar-refractivity contribution < 1.29 is 4.79 Å². The van der Waals surface area contributed by atoms with Gasteiger partial charge in [-0.05, 0) is 31.7 Å². The van der Waals surface area contributed by atoms with E-state index in [1.165, 1.54) is 5.56 Å². The molecule has 2 aromatic rings. The molecule has 22 heavy (non-hydrogen) atoms. The molecule has 1 amide bonds. The van der Waals surface area contributed by atoms with Gasteiger partial charge >= 0.3 is 0 Å². The first-order chi connectivity index (χ1) is 10.5. The van der Waals surface area contributed by atoms with Gasteiger partial charge in [0.1, 0.15) is 0 Å². The van der Waals surface area contributed by atoms with Crippen molar-refractivity contribution in [2.45, 2.75) is 39.5 Å². The molecule has 0 aliphatic rings. The molecule has 2 rings (SSSR count). The van der Waals surface area contributed by atoms with Crippen LogP contribution in [0.1, 0.15) is 41.8 Å². The zero-order valence-corrected chi connectivity index (χ0v) is 13.9. The lowest BCUT2D eigenvalue weighted by Crippen LogP contribution is -2.27. The number of nitrogens with one attached hydrogen (secondary N) is 1. The van der Waals surface area contributed by atoms with Gasteiger partial charge in [0, 0.05) is 24.8 Å². The average molecular weight is 299 g/mol. The number of carbonyl (C=O) groups is 1. The zero-order valence-electron chi connectivity index (χ0n) is 13.9. The van der Waals surface area contributed by atoms with Crippen molar-refractivity contribution in [1.82, 2.24) is 15.1 Å². The second kappa shape index (κ2) is 7.25. The first-order valence-electron chi connectivity index (χ1n) is 7.79. The Balaban J connectivity index is 1.81. The number of benzene rings is 1. The van der Waals surface area contributed by atoms with Crippen molar-refractivity contribution in [3.05, 3.63) is 52.8 Å². The molecule has 0 saturated carbocycles. The third kappa shape index (κ3) is 3.97. The van der Waals surface area contributed by atoms with Gasteiger partial charge in [-0.15, -0.1) is 0 Å². The molecule has 0 spiro atoms. The van der Waals surface area contributed by atoms with E-state index in [2.05, 4.69) is 41.6 Å². The Morgan fingerprint density at radius 2 is 1.95 bits per heavy atom. The van der Waals surface area contributed by atoms with E-state index in [4.69, 9.17) is 0 Å². The molecular weight excluding hydrogens is 274 g/mol. The molecule has 0 aliphatic heterocycles. The van der Waals surface area contributed by atoms with E-state index < -0.39 is 0 Å². The van der Waals surface area contributed by atoms with E-state index in [0.717, 1.165) is 23.4 Å². The molecule has 118 valence electrons. The van der Waals surface area contributed by atoms with Gasteiger partial charge in [-0.25, -0.2) is 0 Å². The highest BCUT2D eigenvalue weighted by Crippen LogP contribution is 2.17. The van der Waals surface area contributed by atoms with E-state index in [0.29, 0.717) is 18.9 Å².